The fourth-order valence-corrected chi connectivity index (χ4v) is 1.39. The molecule has 0 fully saturated rings. The van der Waals surface area contributed by atoms with E-state index in [0.29, 0.717) is 0 Å². The van der Waals surface area contributed by atoms with Gasteiger partial charge in [0.15, 0.2) is 0 Å². The molecule has 1 aromatic rings. The summed E-state index contributed by atoms with van der Waals surface area (Å²) >= 11 is 1.42. The Bertz CT molecular complexity index is 220. The van der Waals surface area contributed by atoms with Crippen molar-refractivity contribution in [1.29, 1.82) is 0 Å². The molecule has 0 saturated heterocycles. The highest BCUT2D eigenvalue weighted by molar-refractivity contribution is 7.10. The zero-order valence-corrected chi connectivity index (χ0v) is 6.30. The van der Waals surface area contributed by atoms with Crippen molar-refractivity contribution in [1.82, 2.24) is 0 Å². The molecular formula is C6H7NO2S. The summed E-state index contributed by atoms with van der Waals surface area (Å²) in [5.74, 6) is 0. The summed E-state index contributed by atoms with van der Waals surface area (Å²) in [4.78, 5) is 10.7. The summed E-state index contributed by atoms with van der Waals surface area (Å²) in [5, 5.41) is 12.1. The number of rotatable bonds is 2. The highest BCUT2D eigenvalue weighted by atomic mass is 32.1. The molecule has 10 heavy (non-hydrogen) atoms. The van der Waals surface area contributed by atoms with E-state index in [4.69, 9.17) is 0 Å². The van der Waals surface area contributed by atoms with Crippen LogP contribution in [0.25, 0.3) is 0 Å². The molecular weight excluding hydrogens is 150 g/mol. The normalized spacial score (nSPS) is 12.9. The first kappa shape index (κ1) is 7.21. The van der Waals surface area contributed by atoms with Crippen molar-refractivity contribution in [3.05, 3.63) is 32.5 Å². The van der Waals surface area contributed by atoms with Crippen LogP contribution in [0.15, 0.2) is 17.5 Å². The van der Waals surface area contributed by atoms with E-state index in [2.05, 4.69) is 0 Å². The van der Waals surface area contributed by atoms with Crippen LogP contribution in [0.2, 0.25) is 0 Å². The monoisotopic (exact) mass is 157 g/mol. The fourth-order valence-electron chi connectivity index (χ4n) is 0.633. The van der Waals surface area contributed by atoms with Crippen LogP contribution < -0.4 is 0 Å². The van der Waals surface area contributed by atoms with Gasteiger partial charge in [-0.15, -0.1) is 11.3 Å². The molecule has 0 aliphatic carbocycles. The highest BCUT2D eigenvalue weighted by Crippen LogP contribution is 2.20. The van der Waals surface area contributed by atoms with Gasteiger partial charge in [0.25, 0.3) is 0 Å². The van der Waals surface area contributed by atoms with E-state index in [1.807, 2.05) is 11.4 Å². The van der Waals surface area contributed by atoms with E-state index in [-0.39, 0.29) is 4.92 Å². The molecule has 1 rings (SSSR count). The predicted molar refractivity (Wildman–Crippen MR) is 39.7 cm³/mol. The van der Waals surface area contributed by atoms with Gasteiger partial charge in [-0.05, 0) is 11.4 Å². The average Bonchev–Trinajstić information content (AvgIpc) is 2.36. The van der Waals surface area contributed by atoms with Crippen molar-refractivity contribution in [2.45, 2.75) is 13.0 Å². The minimum atomic E-state index is -0.556. The zero-order chi connectivity index (χ0) is 7.56. The van der Waals surface area contributed by atoms with Gasteiger partial charge in [-0.1, -0.05) is 6.07 Å². The van der Waals surface area contributed by atoms with Crippen molar-refractivity contribution in [2.24, 2.45) is 0 Å². The molecule has 0 spiro atoms. The number of hydrogen-bond donors (Lipinski definition) is 0. The second-order valence-corrected chi connectivity index (χ2v) is 2.96. The van der Waals surface area contributed by atoms with Gasteiger partial charge in [0.1, 0.15) is 0 Å². The Balaban J connectivity index is 2.77. The molecule has 0 aliphatic rings. The van der Waals surface area contributed by atoms with Crippen LogP contribution in [0.4, 0.5) is 0 Å². The smallest absolute Gasteiger partial charge is 0.244 e. The number of hydrogen-bond acceptors (Lipinski definition) is 3. The first-order valence-electron chi connectivity index (χ1n) is 2.88. The Morgan fingerprint density at radius 1 is 1.80 bits per heavy atom. The number of nitro groups is 1. The van der Waals surface area contributed by atoms with Crippen LogP contribution in [-0.4, -0.2) is 4.92 Å². The van der Waals surface area contributed by atoms with Gasteiger partial charge in [0.05, 0.1) is 4.88 Å². The molecule has 1 aromatic heterocycles. The van der Waals surface area contributed by atoms with Crippen LogP contribution in [0.3, 0.4) is 0 Å². The predicted octanol–water partition coefficient (Wildman–Crippen LogP) is 2.09. The van der Waals surface area contributed by atoms with Crippen LogP contribution in [0, 0.1) is 10.1 Å². The van der Waals surface area contributed by atoms with Crippen molar-refractivity contribution < 1.29 is 4.92 Å². The molecule has 0 saturated carbocycles. The first-order chi connectivity index (χ1) is 4.72. The summed E-state index contributed by atoms with van der Waals surface area (Å²) in [5.41, 5.74) is 0. The third kappa shape index (κ3) is 1.33. The van der Waals surface area contributed by atoms with Crippen molar-refractivity contribution in [3.8, 4) is 0 Å². The van der Waals surface area contributed by atoms with E-state index in [1.165, 1.54) is 11.3 Å². The Labute approximate surface area is 62.5 Å². The van der Waals surface area contributed by atoms with Crippen LogP contribution in [0.5, 0.6) is 0 Å². The maximum absolute atomic E-state index is 10.2. The minimum absolute atomic E-state index is 0.286. The summed E-state index contributed by atoms with van der Waals surface area (Å²) in [7, 11) is 0. The second-order valence-electron chi connectivity index (χ2n) is 1.98. The van der Waals surface area contributed by atoms with Crippen LogP contribution in [0.1, 0.15) is 17.8 Å². The topological polar surface area (TPSA) is 43.1 Å². The Morgan fingerprint density at radius 2 is 2.50 bits per heavy atom. The van der Waals surface area contributed by atoms with Crippen LogP contribution >= 0.6 is 11.3 Å². The van der Waals surface area contributed by atoms with Gasteiger partial charge in [0.2, 0.25) is 6.04 Å². The van der Waals surface area contributed by atoms with E-state index in [9.17, 15) is 10.1 Å². The van der Waals surface area contributed by atoms with Crippen molar-refractivity contribution >= 4 is 11.3 Å². The van der Waals surface area contributed by atoms with E-state index < -0.39 is 6.04 Å². The second kappa shape index (κ2) is 2.79. The quantitative estimate of drug-likeness (QED) is 0.487. The van der Waals surface area contributed by atoms with Gasteiger partial charge < -0.3 is 0 Å². The Hall–Kier alpha value is -0.900. The van der Waals surface area contributed by atoms with Crippen molar-refractivity contribution in [3.63, 3.8) is 0 Å². The molecule has 54 valence electrons. The lowest BCUT2D eigenvalue weighted by molar-refractivity contribution is -0.523. The lowest BCUT2D eigenvalue weighted by Gasteiger charge is -1.97. The molecule has 1 heterocycles. The molecule has 0 aliphatic heterocycles. The summed E-state index contributed by atoms with van der Waals surface area (Å²) in [6.45, 7) is 1.59. The molecule has 0 amide bonds. The van der Waals surface area contributed by atoms with Gasteiger partial charge in [0, 0.05) is 11.8 Å². The third-order valence-corrected chi connectivity index (χ3v) is 2.31. The molecule has 1 unspecified atom stereocenters. The Morgan fingerprint density at radius 3 is 2.90 bits per heavy atom. The molecule has 4 heteroatoms. The molecule has 0 bridgehead atoms. The van der Waals surface area contributed by atoms with Gasteiger partial charge in [-0.25, -0.2) is 0 Å². The molecule has 0 N–H and O–H groups in total. The summed E-state index contributed by atoms with van der Waals surface area (Å²) < 4.78 is 0. The maximum atomic E-state index is 10.2. The fraction of sp³-hybridized carbons (Fsp3) is 0.333. The highest BCUT2D eigenvalue weighted by Gasteiger charge is 2.15. The molecule has 1 atom stereocenters. The minimum Gasteiger partial charge on any atom is -0.264 e. The van der Waals surface area contributed by atoms with Crippen molar-refractivity contribution in [2.75, 3.05) is 0 Å². The number of nitrogens with zero attached hydrogens (tertiary/aromatic N) is 1. The summed E-state index contributed by atoms with van der Waals surface area (Å²) in [6, 6.07) is 3.04. The SMILES string of the molecule is CC(c1cccs1)[N+](=O)[O-]. The molecule has 3 nitrogen and oxygen atoms in total. The van der Waals surface area contributed by atoms with Crippen LogP contribution in [-0.2, 0) is 0 Å². The molecule has 0 radical (unpaired) electrons. The largest absolute Gasteiger partial charge is 0.264 e. The maximum Gasteiger partial charge on any atom is 0.244 e. The standard InChI is InChI=1S/C6H7NO2S/c1-5(7(8)9)6-3-2-4-10-6/h2-5H,1H3. The van der Waals surface area contributed by atoms with E-state index >= 15 is 0 Å². The number of thiophene rings is 1. The van der Waals surface area contributed by atoms with E-state index in [0.717, 1.165) is 4.88 Å². The third-order valence-electron chi connectivity index (χ3n) is 1.27. The van der Waals surface area contributed by atoms with Gasteiger partial charge >= 0.3 is 0 Å². The van der Waals surface area contributed by atoms with Gasteiger partial charge in [-0.2, -0.15) is 0 Å². The lowest BCUT2D eigenvalue weighted by Crippen LogP contribution is -2.03. The van der Waals surface area contributed by atoms with E-state index in [1.54, 1.807) is 13.0 Å². The lowest BCUT2D eigenvalue weighted by atomic mass is 10.3. The Kier molecular flexibility index (Phi) is 2.01. The van der Waals surface area contributed by atoms with Gasteiger partial charge in [-0.3, -0.25) is 10.1 Å². The summed E-state index contributed by atoms with van der Waals surface area (Å²) in [6.07, 6.45) is 0. The average molecular weight is 157 g/mol. The zero-order valence-electron chi connectivity index (χ0n) is 5.48. The molecule has 0 aromatic carbocycles. The first-order valence-corrected chi connectivity index (χ1v) is 3.76.